The predicted octanol–water partition coefficient (Wildman–Crippen LogP) is 1.95. The highest BCUT2D eigenvalue weighted by Crippen LogP contribution is 2.25. The van der Waals surface area contributed by atoms with Gasteiger partial charge >= 0.3 is 5.97 Å². The van der Waals surface area contributed by atoms with Crippen LogP contribution in [0.4, 0.5) is 0 Å². The van der Waals surface area contributed by atoms with Crippen molar-refractivity contribution in [3.63, 3.8) is 0 Å². The van der Waals surface area contributed by atoms with E-state index < -0.39 is 5.97 Å². The number of aromatic nitrogens is 2. The van der Waals surface area contributed by atoms with Gasteiger partial charge in [-0.1, -0.05) is 12.1 Å². The number of nitrogens with zero attached hydrogens (tertiary/aromatic N) is 2. The van der Waals surface area contributed by atoms with E-state index in [2.05, 4.69) is 5.10 Å². The molecule has 0 aliphatic carbocycles. The van der Waals surface area contributed by atoms with E-state index in [1.807, 2.05) is 24.3 Å². The number of carboxylic acids is 1. The summed E-state index contributed by atoms with van der Waals surface area (Å²) in [4.78, 5) is 11.0. The van der Waals surface area contributed by atoms with Gasteiger partial charge in [-0.25, -0.2) is 4.79 Å². The van der Waals surface area contributed by atoms with Crippen LogP contribution >= 0.6 is 0 Å². The topological polar surface area (TPSA) is 73.6 Å². The number of hydrogen-bond donors (Lipinski definition) is 1. The van der Waals surface area contributed by atoms with Crippen molar-refractivity contribution < 1.29 is 19.4 Å². The van der Waals surface area contributed by atoms with E-state index in [9.17, 15) is 4.79 Å². The molecule has 2 heterocycles. The molecule has 110 valence electrons. The number of ether oxygens (including phenoxy) is 2. The average Bonchev–Trinajstić information content (AvgIpc) is 3.08. The van der Waals surface area contributed by atoms with Gasteiger partial charge in [0.15, 0.2) is 5.69 Å². The second-order valence-electron chi connectivity index (χ2n) is 4.97. The SMILES string of the molecule is Cn1nc(C(=O)O)cc1-c1cccc(OC2CCOC2)c1. The van der Waals surface area contributed by atoms with Crippen LogP contribution in [0.5, 0.6) is 5.75 Å². The molecule has 1 atom stereocenters. The van der Waals surface area contributed by atoms with Gasteiger partial charge in [0.1, 0.15) is 11.9 Å². The van der Waals surface area contributed by atoms with Gasteiger partial charge in [0.2, 0.25) is 0 Å². The van der Waals surface area contributed by atoms with Crippen LogP contribution in [-0.2, 0) is 11.8 Å². The number of hydrogen-bond acceptors (Lipinski definition) is 4. The molecule has 0 bridgehead atoms. The largest absolute Gasteiger partial charge is 0.488 e. The van der Waals surface area contributed by atoms with Gasteiger partial charge in [-0.3, -0.25) is 4.68 Å². The molecule has 1 fully saturated rings. The lowest BCUT2D eigenvalue weighted by atomic mass is 10.1. The summed E-state index contributed by atoms with van der Waals surface area (Å²) in [7, 11) is 1.72. The molecule has 6 nitrogen and oxygen atoms in total. The highest BCUT2D eigenvalue weighted by atomic mass is 16.5. The Hall–Kier alpha value is -2.34. The first-order valence-corrected chi connectivity index (χ1v) is 6.75. The van der Waals surface area contributed by atoms with Crippen molar-refractivity contribution in [3.8, 4) is 17.0 Å². The highest BCUT2D eigenvalue weighted by molar-refractivity contribution is 5.87. The lowest BCUT2D eigenvalue weighted by Crippen LogP contribution is -2.15. The monoisotopic (exact) mass is 288 g/mol. The lowest BCUT2D eigenvalue weighted by Gasteiger charge is -2.12. The summed E-state index contributed by atoms with van der Waals surface area (Å²) in [5.74, 6) is -0.284. The minimum absolute atomic E-state index is 0.0306. The van der Waals surface area contributed by atoms with Gasteiger partial charge in [-0.15, -0.1) is 0 Å². The molecule has 0 spiro atoms. The van der Waals surface area contributed by atoms with Crippen molar-refractivity contribution in [2.24, 2.45) is 7.05 Å². The predicted molar refractivity (Wildman–Crippen MR) is 75.5 cm³/mol. The van der Waals surface area contributed by atoms with E-state index in [1.54, 1.807) is 17.8 Å². The summed E-state index contributed by atoms with van der Waals surface area (Å²) < 4.78 is 12.7. The van der Waals surface area contributed by atoms with Crippen LogP contribution in [0.3, 0.4) is 0 Å². The maximum absolute atomic E-state index is 11.0. The van der Waals surface area contributed by atoms with Crippen molar-refractivity contribution in [1.29, 1.82) is 0 Å². The Labute approximate surface area is 121 Å². The number of rotatable bonds is 4. The molecular formula is C15H16N2O4. The molecular weight excluding hydrogens is 272 g/mol. The van der Waals surface area contributed by atoms with Crippen molar-refractivity contribution in [2.45, 2.75) is 12.5 Å². The fraction of sp³-hybridized carbons (Fsp3) is 0.333. The van der Waals surface area contributed by atoms with Crippen molar-refractivity contribution >= 4 is 5.97 Å². The molecule has 1 N–H and O–H groups in total. The standard InChI is InChI=1S/C15H16N2O4/c1-17-14(8-13(16-17)15(18)19)10-3-2-4-11(7-10)21-12-5-6-20-9-12/h2-4,7-8,12H,5-6,9H2,1H3,(H,18,19). The average molecular weight is 288 g/mol. The smallest absolute Gasteiger partial charge is 0.356 e. The maximum atomic E-state index is 11.0. The fourth-order valence-corrected chi connectivity index (χ4v) is 2.37. The molecule has 2 aromatic rings. The Morgan fingerprint density at radius 2 is 2.33 bits per heavy atom. The zero-order valence-electron chi connectivity index (χ0n) is 11.7. The molecule has 1 saturated heterocycles. The number of aryl methyl sites for hydroxylation is 1. The van der Waals surface area contributed by atoms with Crippen LogP contribution in [0.2, 0.25) is 0 Å². The minimum Gasteiger partial charge on any atom is -0.488 e. The summed E-state index contributed by atoms with van der Waals surface area (Å²) in [6.45, 7) is 1.34. The highest BCUT2D eigenvalue weighted by Gasteiger charge is 2.18. The summed E-state index contributed by atoms with van der Waals surface area (Å²) in [6, 6.07) is 9.12. The van der Waals surface area contributed by atoms with E-state index in [4.69, 9.17) is 14.6 Å². The van der Waals surface area contributed by atoms with E-state index in [0.717, 1.165) is 30.0 Å². The van der Waals surface area contributed by atoms with E-state index in [1.165, 1.54) is 0 Å². The second-order valence-corrected chi connectivity index (χ2v) is 4.97. The van der Waals surface area contributed by atoms with Gasteiger partial charge < -0.3 is 14.6 Å². The summed E-state index contributed by atoms with van der Waals surface area (Å²) in [5, 5.41) is 13.0. The molecule has 6 heteroatoms. The van der Waals surface area contributed by atoms with Gasteiger partial charge in [0.25, 0.3) is 0 Å². The third kappa shape index (κ3) is 2.90. The Morgan fingerprint density at radius 3 is 3.00 bits per heavy atom. The quantitative estimate of drug-likeness (QED) is 0.931. The summed E-state index contributed by atoms with van der Waals surface area (Å²) >= 11 is 0. The van der Waals surface area contributed by atoms with Crippen LogP contribution in [0.1, 0.15) is 16.9 Å². The summed E-state index contributed by atoms with van der Waals surface area (Å²) in [6.07, 6.45) is 0.973. The Balaban J connectivity index is 1.86. The first kappa shape index (κ1) is 13.6. The van der Waals surface area contributed by atoms with Crippen LogP contribution in [0.15, 0.2) is 30.3 Å². The zero-order valence-corrected chi connectivity index (χ0v) is 11.7. The number of carboxylic acid groups (broad SMARTS) is 1. The molecule has 3 rings (SSSR count). The van der Waals surface area contributed by atoms with Crippen molar-refractivity contribution in [1.82, 2.24) is 9.78 Å². The molecule has 0 radical (unpaired) electrons. The maximum Gasteiger partial charge on any atom is 0.356 e. The third-order valence-corrected chi connectivity index (χ3v) is 3.42. The molecule has 0 saturated carbocycles. The van der Waals surface area contributed by atoms with E-state index >= 15 is 0 Å². The first-order chi connectivity index (χ1) is 10.1. The van der Waals surface area contributed by atoms with Crippen LogP contribution in [-0.4, -0.2) is 40.2 Å². The molecule has 0 amide bonds. The normalized spacial score (nSPS) is 17.9. The van der Waals surface area contributed by atoms with Crippen molar-refractivity contribution in [3.05, 3.63) is 36.0 Å². The minimum atomic E-state index is -1.03. The van der Waals surface area contributed by atoms with Crippen LogP contribution in [0.25, 0.3) is 11.3 Å². The van der Waals surface area contributed by atoms with Crippen molar-refractivity contribution in [2.75, 3.05) is 13.2 Å². The first-order valence-electron chi connectivity index (χ1n) is 6.75. The Bertz CT molecular complexity index is 659. The number of carbonyl (C=O) groups is 1. The van der Waals surface area contributed by atoms with Gasteiger partial charge in [0.05, 0.1) is 18.9 Å². The fourth-order valence-electron chi connectivity index (χ4n) is 2.37. The van der Waals surface area contributed by atoms with E-state index in [-0.39, 0.29) is 11.8 Å². The molecule has 1 aliphatic rings. The Kier molecular flexibility index (Phi) is 3.62. The van der Waals surface area contributed by atoms with E-state index in [0.29, 0.717) is 6.61 Å². The molecule has 1 aromatic heterocycles. The zero-order chi connectivity index (χ0) is 14.8. The van der Waals surface area contributed by atoms with Gasteiger partial charge in [0, 0.05) is 19.0 Å². The molecule has 1 aromatic carbocycles. The second kappa shape index (κ2) is 5.57. The molecule has 21 heavy (non-hydrogen) atoms. The number of aromatic carboxylic acids is 1. The Morgan fingerprint density at radius 1 is 1.48 bits per heavy atom. The van der Waals surface area contributed by atoms with Gasteiger partial charge in [-0.05, 0) is 18.2 Å². The third-order valence-electron chi connectivity index (χ3n) is 3.42. The van der Waals surface area contributed by atoms with Gasteiger partial charge in [-0.2, -0.15) is 5.10 Å². The molecule has 1 unspecified atom stereocenters. The molecule has 1 aliphatic heterocycles. The lowest BCUT2D eigenvalue weighted by molar-refractivity contribution is 0.0689. The summed E-state index contributed by atoms with van der Waals surface area (Å²) in [5.41, 5.74) is 1.64. The van der Waals surface area contributed by atoms with Crippen LogP contribution in [0, 0.1) is 0 Å². The van der Waals surface area contributed by atoms with Crippen LogP contribution < -0.4 is 4.74 Å². The number of benzene rings is 1.